The third-order valence-corrected chi connectivity index (χ3v) is 32.4. The number of nitrogens with two attached hydrogens (primary N) is 1. The summed E-state index contributed by atoms with van der Waals surface area (Å²) in [5, 5.41) is 6.29. The Labute approximate surface area is 68.3 Å². The van der Waals surface area contributed by atoms with Crippen LogP contribution in [0.4, 0.5) is 0 Å². The Morgan fingerprint density at radius 1 is 0.800 bits per heavy atom. The Morgan fingerprint density at radius 3 is 1.00 bits per heavy atom. The summed E-state index contributed by atoms with van der Waals surface area (Å²) >= 11 is 0. The monoisotopic (exact) mass is 191 g/mol. The first-order chi connectivity index (χ1) is 4.15. The molecule has 0 spiro atoms. The molecule has 1 nitrogen and oxygen atoms in total. The van der Waals surface area contributed by atoms with E-state index in [0.717, 1.165) is 0 Å². The average molecular weight is 191 g/mol. The van der Waals surface area contributed by atoms with Crippen molar-refractivity contribution in [3.63, 3.8) is 0 Å². The lowest BCUT2D eigenvalue weighted by Gasteiger charge is -2.33. The van der Waals surface area contributed by atoms with Gasteiger partial charge >= 0.3 is 0 Å². The van der Waals surface area contributed by atoms with Gasteiger partial charge in [-0.05, 0) is 0 Å². The number of hydrogen-bond donors (Lipinski definition) is 1. The van der Waals surface area contributed by atoms with Crippen LogP contribution in [0.15, 0.2) is 0 Å². The van der Waals surface area contributed by atoms with Gasteiger partial charge < -0.3 is 5.40 Å². The second-order valence-corrected chi connectivity index (χ2v) is 31.5. The molecule has 0 aromatic rings. The van der Waals surface area contributed by atoms with Gasteiger partial charge in [-0.3, -0.25) is 0 Å². The molecule has 0 saturated heterocycles. The van der Waals surface area contributed by atoms with Gasteiger partial charge in [-0.2, -0.15) is 0 Å². The molecule has 0 aliphatic rings. The molecule has 10 heavy (non-hydrogen) atoms. The fourth-order valence-electron chi connectivity index (χ4n) is 1.30. The molecule has 0 aromatic heterocycles. The Bertz CT molecular complexity index is 97.1. The van der Waals surface area contributed by atoms with Crippen LogP contribution < -0.4 is 5.40 Å². The zero-order valence-corrected chi connectivity index (χ0v) is 11.3. The van der Waals surface area contributed by atoms with E-state index in [1.807, 2.05) is 0 Å². The van der Waals surface area contributed by atoms with Gasteiger partial charge in [-0.15, -0.1) is 0 Å². The van der Waals surface area contributed by atoms with Crippen LogP contribution in [-0.2, 0) is 0 Å². The van der Waals surface area contributed by atoms with Crippen molar-refractivity contribution in [1.82, 2.24) is 0 Å². The zero-order chi connectivity index (χ0) is 8.58. The first kappa shape index (κ1) is 10.6. The second kappa shape index (κ2) is 2.92. The van der Waals surface area contributed by atoms with Gasteiger partial charge in [0.15, 0.2) is 0 Å². The summed E-state index contributed by atoms with van der Waals surface area (Å²) < 4.78 is 0. The van der Waals surface area contributed by atoms with Gasteiger partial charge in [-0.25, -0.2) is 0 Å². The molecule has 0 aliphatic carbocycles. The van der Waals surface area contributed by atoms with Crippen LogP contribution in [0.1, 0.15) is 0 Å². The van der Waals surface area contributed by atoms with Crippen molar-refractivity contribution in [2.45, 2.75) is 39.3 Å². The Kier molecular flexibility index (Phi) is 3.10. The minimum absolute atomic E-state index is 0.801. The smallest absolute Gasteiger partial charge is 0.0875 e. The molecule has 0 heterocycles. The molecule has 62 valence electrons. The van der Waals surface area contributed by atoms with Crippen LogP contribution in [0, 0.1) is 0 Å². The molecule has 0 aliphatic heterocycles. The lowest BCUT2D eigenvalue weighted by Crippen LogP contribution is -2.64. The Hall–Kier alpha value is 0.611. The van der Waals surface area contributed by atoms with E-state index in [4.69, 9.17) is 5.40 Å². The van der Waals surface area contributed by atoms with E-state index in [0.29, 0.717) is 0 Å². The molecule has 0 bridgehead atoms. The molecule has 0 atom stereocenters. The van der Waals surface area contributed by atoms with Crippen molar-refractivity contribution in [2.24, 2.45) is 5.40 Å². The number of hydrogen-bond acceptors (Lipinski definition) is 1. The summed E-state index contributed by atoms with van der Waals surface area (Å²) in [5.74, 6) is 0. The maximum atomic E-state index is 6.29. The summed E-state index contributed by atoms with van der Waals surface area (Å²) in [5.41, 5.74) is 0. The molecule has 0 radical (unpaired) electrons. The zero-order valence-electron chi connectivity index (χ0n) is 8.15. The lowest BCUT2D eigenvalue weighted by atomic mass is 11.8. The Balaban J connectivity index is 4.23. The molecular formula is C6H21NSi3. The summed E-state index contributed by atoms with van der Waals surface area (Å²) in [6.45, 7) is 14.5. The standard InChI is InChI=1S/C6H21NSi3/c1-9(2,3)8(7)10(4,5)6/h8H,7H2,1-6H3. The van der Waals surface area contributed by atoms with E-state index in [1.165, 1.54) is 0 Å². The van der Waals surface area contributed by atoms with Gasteiger partial charge in [0.05, 0.1) is 7.99 Å². The highest BCUT2D eigenvalue weighted by atomic mass is 29.6. The van der Waals surface area contributed by atoms with Crippen molar-refractivity contribution < 1.29 is 0 Å². The number of rotatable bonds is 2. The highest BCUT2D eigenvalue weighted by molar-refractivity contribution is 7.59. The summed E-state index contributed by atoms with van der Waals surface area (Å²) in [7, 11) is -2.64. The topological polar surface area (TPSA) is 26.0 Å². The maximum absolute atomic E-state index is 6.29. The van der Waals surface area contributed by atoms with E-state index in [1.54, 1.807) is 0 Å². The van der Waals surface area contributed by atoms with Crippen molar-refractivity contribution in [2.75, 3.05) is 0 Å². The summed E-state index contributed by atoms with van der Waals surface area (Å²) in [6.07, 6.45) is 0. The maximum Gasteiger partial charge on any atom is 0.0875 e. The normalized spacial score (nSPS) is 14.4. The Morgan fingerprint density at radius 2 is 1.00 bits per heavy atom. The second-order valence-electron chi connectivity index (χ2n) is 5.21. The molecule has 0 aromatic carbocycles. The summed E-state index contributed by atoms with van der Waals surface area (Å²) in [4.78, 5) is 0. The highest BCUT2D eigenvalue weighted by Gasteiger charge is 2.35. The van der Waals surface area contributed by atoms with E-state index in [-0.39, 0.29) is 0 Å². The van der Waals surface area contributed by atoms with Gasteiger partial charge in [0.1, 0.15) is 0 Å². The van der Waals surface area contributed by atoms with E-state index >= 15 is 0 Å². The van der Waals surface area contributed by atoms with E-state index in [9.17, 15) is 0 Å². The fraction of sp³-hybridized carbons (Fsp3) is 1.00. The highest BCUT2D eigenvalue weighted by Crippen LogP contribution is 2.12. The third kappa shape index (κ3) is 3.14. The molecule has 2 N–H and O–H groups in total. The molecule has 0 saturated carbocycles. The predicted molar refractivity (Wildman–Crippen MR) is 58.0 cm³/mol. The summed E-state index contributed by atoms with van der Waals surface area (Å²) in [6, 6.07) is 0. The van der Waals surface area contributed by atoms with Gasteiger partial charge in [0, 0.05) is 15.2 Å². The quantitative estimate of drug-likeness (QED) is 0.658. The minimum atomic E-state index is -0.918. The molecule has 0 fully saturated rings. The van der Waals surface area contributed by atoms with E-state index < -0.39 is 23.2 Å². The van der Waals surface area contributed by atoms with Gasteiger partial charge in [0.25, 0.3) is 0 Å². The van der Waals surface area contributed by atoms with Crippen molar-refractivity contribution >= 4 is 23.2 Å². The third-order valence-electron chi connectivity index (χ3n) is 1.87. The predicted octanol–water partition coefficient (Wildman–Crippen LogP) is 1.50. The van der Waals surface area contributed by atoms with Gasteiger partial charge in [0.2, 0.25) is 0 Å². The molecular weight excluding hydrogens is 170 g/mol. The van der Waals surface area contributed by atoms with Crippen LogP contribution in [0.2, 0.25) is 39.3 Å². The van der Waals surface area contributed by atoms with Crippen LogP contribution >= 0.6 is 0 Å². The van der Waals surface area contributed by atoms with Crippen LogP contribution in [0.3, 0.4) is 0 Å². The first-order valence-corrected chi connectivity index (χ1v) is 15.2. The first-order valence-electron chi connectivity index (χ1n) is 3.91. The molecule has 4 heteroatoms. The van der Waals surface area contributed by atoms with Crippen molar-refractivity contribution in [1.29, 1.82) is 0 Å². The lowest BCUT2D eigenvalue weighted by molar-refractivity contribution is 1.73. The average Bonchev–Trinajstić information content (AvgIpc) is 1.59. The molecule has 0 unspecified atom stereocenters. The van der Waals surface area contributed by atoms with Crippen LogP contribution in [-0.4, -0.2) is 23.2 Å². The largest absolute Gasteiger partial charge is 0.357 e. The minimum Gasteiger partial charge on any atom is -0.357 e. The fourth-order valence-corrected chi connectivity index (χ4v) is 35.1. The van der Waals surface area contributed by atoms with E-state index in [2.05, 4.69) is 39.3 Å². The van der Waals surface area contributed by atoms with Crippen molar-refractivity contribution in [3.8, 4) is 0 Å². The molecule has 0 amide bonds. The van der Waals surface area contributed by atoms with Crippen LogP contribution in [0.5, 0.6) is 0 Å². The van der Waals surface area contributed by atoms with Gasteiger partial charge in [-0.1, -0.05) is 39.3 Å². The SMILES string of the molecule is C[Si](C)(C)[SiH](N)[Si](C)(C)C. The molecule has 0 rings (SSSR count). The van der Waals surface area contributed by atoms with Crippen molar-refractivity contribution in [3.05, 3.63) is 0 Å². The van der Waals surface area contributed by atoms with Crippen LogP contribution in [0.25, 0.3) is 0 Å².